The van der Waals surface area contributed by atoms with Crippen molar-refractivity contribution < 1.29 is 33.3 Å². The highest BCUT2D eigenvalue weighted by molar-refractivity contribution is 9.09. The highest BCUT2D eigenvalue weighted by Gasteiger charge is 2.66. The molecule has 2 rings (SSSR count). The molecule has 0 unspecified atom stereocenters. The van der Waals surface area contributed by atoms with E-state index in [1.807, 2.05) is 6.07 Å². The zero-order valence-electron chi connectivity index (χ0n) is 13.3. The zero-order chi connectivity index (χ0) is 18.1. The van der Waals surface area contributed by atoms with Gasteiger partial charge in [0.1, 0.15) is 16.7 Å². The van der Waals surface area contributed by atoms with E-state index in [1.165, 1.54) is 20.8 Å². The Balaban J connectivity index is 2.56. The number of carbonyl (C=O) groups is 3. The van der Waals surface area contributed by atoms with Gasteiger partial charge < -0.3 is 24.3 Å². The lowest BCUT2D eigenvalue weighted by Gasteiger charge is -2.48. The minimum Gasteiger partial charge on any atom is -0.457 e. The Morgan fingerprint density at radius 1 is 1.17 bits per heavy atom. The Kier molecular flexibility index (Phi) is 5.47. The van der Waals surface area contributed by atoms with Crippen LogP contribution in [-0.4, -0.2) is 53.0 Å². The summed E-state index contributed by atoms with van der Waals surface area (Å²) in [6.07, 6.45) is -4.34. The summed E-state index contributed by atoms with van der Waals surface area (Å²) in [7, 11) is 0. The van der Waals surface area contributed by atoms with Crippen LogP contribution < -0.4 is 5.32 Å². The molecule has 2 aliphatic rings. The second-order valence-corrected chi connectivity index (χ2v) is 6.48. The smallest absolute Gasteiger partial charge is 0.303 e. The van der Waals surface area contributed by atoms with E-state index >= 15 is 0 Å². The Morgan fingerprint density at radius 2 is 1.75 bits per heavy atom. The SMILES string of the molecule is CC(=O)N[C@@]1(CC#N)[C@H](OC(C)=O)[C@H]2O[C@H]([C@H](Br)O2)[C@H]1OC(C)=O. The minimum atomic E-state index is -1.49. The maximum Gasteiger partial charge on any atom is 0.303 e. The van der Waals surface area contributed by atoms with Gasteiger partial charge in [0, 0.05) is 20.8 Å². The molecule has 132 valence electrons. The van der Waals surface area contributed by atoms with Crippen LogP contribution in [0, 0.1) is 11.3 Å². The summed E-state index contributed by atoms with van der Waals surface area (Å²) in [6, 6.07) is 1.95. The zero-order valence-corrected chi connectivity index (χ0v) is 14.9. The lowest BCUT2D eigenvalue weighted by molar-refractivity contribution is -0.240. The van der Waals surface area contributed by atoms with Gasteiger partial charge in [-0.1, -0.05) is 15.9 Å². The molecule has 2 saturated heterocycles. The molecule has 2 aliphatic heterocycles. The average Bonchev–Trinajstić information content (AvgIpc) is 2.78. The van der Waals surface area contributed by atoms with Crippen molar-refractivity contribution in [2.45, 2.75) is 62.3 Å². The van der Waals surface area contributed by atoms with Gasteiger partial charge in [0.05, 0.1) is 12.5 Å². The summed E-state index contributed by atoms with van der Waals surface area (Å²) in [4.78, 5) is 34.9. The van der Waals surface area contributed by atoms with E-state index in [-0.39, 0.29) is 6.42 Å². The molecule has 2 heterocycles. The number of alkyl halides is 1. The number of hydrogen-bond acceptors (Lipinski definition) is 8. The van der Waals surface area contributed by atoms with Gasteiger partial charge in [0.15, 0.2) is 18.5 Å². The molecule has 2 fully saturated rings. The molecular formula is C14H17BrN2O7. The molecule has 0 aliphatic carbocycles. The number of nitrogens with one attached hydrogen (secondary N) is 1. The van der Waals surface area contributed by atoms with E-state index in [2.05, 4.69) is 21.2 Å². The second kappa shape index (κ2) is 7.04. The maximum atomic E-state index is 11.8. The quantitative estimate of drug-likeness (QED) is 0.517. The van der Waals surface area contributed by atoms with Crippen LogP contribution in [0.2, 0.25) is 0 Å². The van der Waals surface area contributed by atoms with Gasteiger partial charge in [0.25, 0.3) is 0 Å². The van der Waals surface area contributed by atoms with Crippen molar-refractivity contribution in [2.75, 3.05) is 0 Å². The molecule has 2 bridgehead atoms. The van der Waals surface area contributed by atoms with Gasteiger partial charge >= 0.3 is 11.9 Å². The predicted molar refractivity (Wildman–Crippen MR) is 80.3 cm³/mol. The van der Waals surface area contributed by atoms with Crippen LogP contribution in [0.4, 0.5) is 0 Å². The first-order valence-corrected chi connectivity index (χ1v) is 8.08. The van der Waals surface area contributed by atoms with E-state index in [9.17, 15) is 19.6 Å². The van der Waals surface area contributed by atoms with Gasteiger partial charge in [-0.25, -0.2) is 0 Å². The monoisotopic (exact) mass is 404 g/mol. The van der Waals surface area contributed by atoms with Gasteiger partial charge in [0.2, 0.25) is 5.91 Å². The van der Waals surface area contributed by atoms with Crippen molar-refractivity contribution in [1.82, 2.24) is 5.32 Å². The first-order chi connectivity index (χ1) is 11.2. The Labute approximate surface area is 146 Å². The van der Waals surface area contributed by atoms with Crippen LogP contribution in [-0.2, 0) is 33.3 Å². The Morgan fingerprint density at radius 3 is 2.25 bits per heavy atom. The molecule has 1 amide bonds. The lowest BCUT2D eigenvalue weighted by Crippen LogP contribution is -2.73. The maximum absolute atomic E-state index is 11.8. The first kappa shape index (κ1) is 18.6. The van der Waals surface area contributed by atoms with Gasteiger partial charge in [-0.2, -0.15) is 5.26 Å². The highest BCUT2D eigenvalue weighted by Crippen LogP contribution is 2.44. The van der Waals surface area contributed by atoms with Crippen molar-refractivity contribution in [3.63, 3.8) is 0 Å². The van der Waals surface area contributed by atoms with Crippen LogP contribution in [0.15, 0.2) is 0 Å². The largest absolute Gasteiger partial charge is 0.457 e. The van der Waals surface area contributed by atoms with Crippen LogP contribution in [0.25, 0.3) is 0 Å². The molecule has 0 radical (unpaired) electrons. The van der Waals surface area contributed by atoms with E-state index in [4.69, 9.17) is 18.9 Å². The minimum absolute atomic E-state index is 0.276. The van der Waals surface area contributed by atoms with Crippen molar-refractivity contribution in [3.05, 3.63) is 0 Å². The first-order valence-electron chi connectivity index (χ1n) is 7.16. The van der Waals surface area contributed by atoms with Gasteiger partial charge in [-0.3, -0.25) is 14.4 Å². The summed E-state index contributed by atoms with van der Waals surface area (Å²) in [6.45, 7) is 3.62. The second-order valence-electron chi connectivity index (χ2n) is 5.57. The van der Waals surface area contributed by atoms with Crippen molar-refractivity contribution in [1.29, 1.82) is 5.26 Å². The molecule has 0 aromatic heterocycles. The standard InChI is InChI=1S/C14H17BrN2O7/c1-6(18)17-14(4-5-16)10(21-7(2)19)9-12(15)24-13(23-9)11(14)22-8(3)20/h9-13H,4H2,1-3H3,(H,17,18)/t9-,10+,11+,12+,13-,14+/m0/s1. The summed E-state index contributed by atoms with van der Waals surface area (Å²) >= 11 is 3.26. The number of nitriles is 1. The summed E-state index contributed by atoms with van der Waals surface area (Å²) in [5.74, 6) is -1.77. The number of hydrogen-bond donors (Lipinski definition) is 1. The molecule has 0 aromatic rings. The summed E-state index contributed by atoms with van der Waals surface area (Å²) in [5.41, 5.74) is -1.49. The third-order valence-electron chi connectivity index (χ3n) is 3.74. The number of fused-ring (bicyclic) bond motifs is 2. The van der Waals surface area contributed by atoms with E-state index < -0.39 is 53.0 Å². The predicted octanol–water partition coefficient (Wildman–Crippen LogP) is 0.114. The average molecular weight is 405 g/mol. The summed E-state index contributed by atoms with van der Waals surface area (Å²) < 4.78 is 21.8. The number of esters is 2. The molecule has 24 heavy (non-hydrogen) atoms. The van der Waals surface area contributed by atoms with E-state index in [1.54, 1.807) is 0 Å². The van der Waals surface area contributed by atoms with Crippen LogP contribution in [0.3, 0.4) is 0 Å². The molecule has 10 heteroatoms. The van der Waals surface area contributed by atoms with Crippen molar-refractivity contribution in [3.8, 4) is 6.07 Å². The molecular weight excluding hydrogens is 388 g/mol. The molecule has 0 saturated carbocycles. The van der Waals surface area contributed by atoms with Crippen molar-refractivity contribution >= 4 is 33.8 Å². The molecule has 1 N–H and O–H groups in total. The molecule has 6 atom stereocenters. The van der Waals surface area contributed by atoms with Gasteiger partial charge in [-0.05, 0) is 0 Å². The topological polar surface area (TPSA) is 124 Å². The van der Waals surface area contributed by atoms with E-state index in [0.717, 1.165) is 0 Å². The van der Waals surface area contributed by atoms with Crippen molar-refractivity contribution in [2.24, 2.45) is 0 Å². The van der Waals surface area contributed by atoms with Crippen LogP contribution in [0.1, 0.15) is 27.2 Å². The lowest BCUT2D eigenvalue weighted by atomic mass is 9.78. The fourth-order valence-electron chi connectivity index (χ4n) is 3.04. The number of ether oxygens (including phenoxy) is 4. The van der Waals surface area contributed by atoms with Gasteiger partial charge in [-0.15, -0.1) is 0 Å². The molecule has 0 spiro atoms. The fourth-order valence-corrected chi connectivity index (χ4v) is 3.65. The molecule has 9 nitrogen and oxygen atoms in total. The van der Waals surface area contributed by atoms with E-state index in [0.29, 0.717) is 0 Å². The van der Waals surface area contributed by atoms with Crippen LogP contribution >= 0.6 is 15.9 Å². The third-order valence-corrected chi connectivity index (χ3v) is 4.48. The normalized spacial score (nSPS) is 37.2. The Hall–Kier alpha value is -1.70. The number of nitrogens with zero attached hydrogens (tertiary/aromatic N) is 1. The molecule has 0 aromatic carbocycles. The Bertz CT molecular complexity index is 592. The van der Waals surface area contributed by atoms with Crippen LogP contribution in [0.5, 0.6) is 0 Å². The third kappa shape index (κ3) is 3.38. The summed E-state index contributed by atoms with van der Waals surface area (Å²) in [5, 5.41) is 11.2. The fraction of sp³-hybridized carbons (Fsp3) is 0.714. The number of halogens is 1. The number of amides is 1. The number of carbonyl (C=O) groups excluding carboxylic acids is 3. The highest BCUT2D eigenvalue weighted by atomic mass is 79.9. The number of rotatable bonds is 4.